The van der Waals surface area contributed by atoms with E-state index in [1.807, 2.05) is 0 Å². The molecular formula is C5H11NO3S. The van der Waals surface area contributed by atoms with Crippen molar-refractivity contribution in [3.8, 4) is 0 Å². The summed E-state index contributed by atoms with van der Waals surface area (Å²) < 4.78 is 12.7. The highest BCUT2D eigenvalue weighted by Crippen LogP contribution is 2.13. The van der Waals surface area contributed by atoms with Crippen molar-refractivity contribution >= 4 is 16.0 Å². The quantitative estimate of drug-likeness (QED) is 0.477. The molecule has 0 aliphatic rings. The Labute approximate surface area is 60.4 Å². The normalized spacial score (nSPS) is 17.6. The van der Waals surface area contributed by atoms with Crippen molar-refractivity contribution in [2.75, 3.05) is 6.26 Å². The van der Waals surface area contributed by atoms with Gasteiger partial charge in [-0.1, -0.05) is 4.53 Å². The van der Waals surface area contributed by atoms with Crippen LogP contribution in [0.5, 0.6) is 0 Å². The van der Waals surface area contributed by atoms with Gasteiger partial charge in [-0.25, -0.2) is 4.21 Å². The highest BCUT2D eigenvalue weighted by molar-refractivity contribution is 7.94. The second-order valence-electron chi connectivity index (χ2n) is 2.61. The monoisotopic (exact) mass is 165 g/mol. The number of carbonyl (C=O) groups is 1. The summed E-state index contributed by atoms with van der Waals surface area (Å²) in [6.07, 6.45) is 1.76. The van der Waals surface area contributed by atoms with Gasteiger partial charge in [-0.15, -0.1) is 0 Å². The molecular weight excluding hydrogens is 154 g/mol. The van der Waals surface area contributed by atoms with E-state index in [1.165, 1.54) is 20.1 Å². The maximum absolute atomic E-state index is 11.2. The lowest BCUT2D eigenvalue weighted by Gasteiger charge is -2.16. The van der Waals surface area contributed by atoms with Gasteiger partial charge in [0.05, 0.1) is 9.73 Å². The minimum atomic E-state index is -2.79. The molecule has 0 aliphatic carbocycles. The van der Waals surface area contributed by atoms with E-state index in [-0.39, 0.29) is 0 Å². The molecule has 0 aliphatic heterocycles. The van der Waals surface area contributed by atoms with Crippen LogP contribution in [-0.2, 0) is 14.5 Å². The molecule has 0 fully saturated rings. The lowest BCUT2D eigenvalue weighted by molar-refractivity contribution is -0.109. The minimum absolute atomic E-state index is 0.523. The summed E-state index contributed by atoms with van der Waals surface area (Å²) in [6, 6.07) is 0. The van der Waals surface area contributed by atoms with Gasteiger partial charge in [0, 0.05) is 6.26 Å². The number of rotatable bonds is 2. The molecule has 60 valence electrons. The summed E-state index contributed by atoms with van der Waals surface area (Å²) in [5.41, 5.74) is 0. The minimum Gasteiger partial charge on any atom is -0.302 e. The average Bonchev–Trinajstić information content (AvgIpc) is 1.88. The van der Waals surface area contributed by atoms with Crippen LogP contribution < -0.4 is 0 Å². The van der Waals surface area contributed by atoms with Gasteiger partial charge >= 0.3 is 0 Å². The van der Waals surface area contributed by atoms with Gasteiger partial charge in [-0.05, 0) is 13.8 Å². The molecule has 0 aromatic rings. The molecule has 0 saturated carbocycles. The van der Waals surface area contributed by atoms with Crippen molar-refractivity contribution in [2.24, 2.45) is 4.53 Å². The Kier molecular flexibility index (Phi) is 2.56. The van der Waals surface area contributed by atoms with E-state index in [0.717, 1.165) is 0 Å². The Morgan fingerprint density at radius 3 is 2.10 bits per heavy atom. The largest absolute Gasteiger partial charge is 0.302 e. The van der Waals surface area contributed by atoms with Crippen molar-refractivity contribution in [1.29, 1.82) is 0 Å². The van der Waals surface area contributed by atoms with E-state index in [9.17, 15) is 9.00 Å². The summed E-state index contributed by atoms with van der Waals surface area (Å²) in [6.45, 7) is 2.92. The Morgan fingerprint density at radius 1 is 1.60 bits per heavy atom. The van der Waals surface area contributed by atoms with Gasteiger partial charge in [0.1, 0.15) is 11.0 Å². The molecule has 10 heavy (non-hydrogen) atoms. The highest BCUT2D eigenvalue weighted by atomic mass is 32.2. The van der Waals surface area contributed by atoms with Crippen LogP contribution in [0.3, 0.4) is 0 Å². The fourth-order valence-corrected chi connectivity index (χ4v) is 0.583. The van der Waals surface area contributed by atoms with E-state index < -0.39 is 14.5 Å². The number of hydrogen-bond acceptors (Lipinski definition) is 3. The molecule has 1 atom stereocenters. The van der Waals surface area contributed by atoms with Crippen LogP contribution in [-0.4, -0.2) is 26.7 Å². The summed E-state index contributed by atoms with van der Waals surface area (Å²) in [5.74, 6) is 0. The van der Waals surface area contributed by atoms with Gasteiger partial charge in [-0.3, -0.25) is 5.21 Å². The number of carbonyl (C=O) groups excluding carboxylic acids is 1. The molecule has 0 saturated heterocycles. The first-order valence-corrected chi connectivity index (χ1v) is 4.61. The van der Waals surface area contributed by atoms with Gasteiger partial charge in [0.2, 0.25) is 0 Å². The van der Waals surface area contributed by atoms with Crippen LogP contribution in [0.1, 0.15) is 13.8 Å². The zero-order chi connectivity index (χ0) is 8.41. The number of aldehydes is 1. The summed E-state index contributed by atoms with van der Waals surface area (Å²) in [7, 11) is -2.79. The Balaban J connectivity index is 5.02. The molecule has 4 nitrogen and oxygen atoms in total. The predicted molar refractivity (Wildman–Crippen MR) is 38.4 cm³/mol. The molecule has 5 heteroatoms. The highest BCUT2D eigenvalue weighted by Gasteiger charge is 2.27. The van der Waals surface area contributed by atoms with E-state index in [1.54, 1.807) is 0 Å². The molecule has 0 aromatic heterocycles. The number of nitrogens with zero attached hydrogens (tertiary/aromatic N) is 1. The third kappa shape index (κ3) is 1.54. The molecule has 0 radical (unpaired) electrons. The van der Waals surface area contributed by atoms with Crippen LogP contribution >= 0.6 is 0 Å². The first-order valence-electron chi connectivity index (χ1n) is 2.69. The van der Waals surface area contributed by atoms with E-state index in [4.69, 9.17) is 5.21 Å². The Hall–Kier alpha value is -0.420. The lowest BCUT2D eigenvalue weighted by atomic mass is 10.2. The fraction of sp³-hybridized carbons (Fsp3) is 0.800. The second kappa shape index (κ2) is 2.67. The van der Waals surface area contributed by atoms with Gasteiger partial charge in [-0.2, -0.15) is 0 Å². The van der Waals surface area contributed by atoms with E-state index in [2.05, 4.69) is 4.53 Å². The summed E-state index contributed by atoms with van der Waals surface area (Å²) in [4.78, 5) is 10.3. The first kappa shape index (κ1) is 9.58. The zero-order valence-electron chi connectivity index (χ0n) is 6.20. The van der Waals surface area contributed by atoms with Crippen LogP contribution in [0, 0.1) is 0 Å². The molecule has 0 rings (SSSR count). The lowest BCUT2D eigenvalue weighted by Crippen LogP contribution is -2.32. The van der Waals surface area contributed by atoms with Crippen molar-refractivity contribution < 1.29 is 14.2 Å². The molecule has 0 amide bonds. The van der Waals surface area contributed by atoms with Crippen LogP contribution in [0.15, 0.2) is 4.53 Å². The van der Waals surface area contributed by atoms with Gasteiger partial charge in [0.25, 0.3) is 0 Å². The Morgan fingerprint density at radius 2 is 2.00 bits per heavy atom. The first-order chi connectivity index (χ1) is 4.37. The van der Waals surface area contributed by atoms with Gasteiger partial charge < -0.3 is 4.79 Å². The standard InChI is InChI=1S/C5H11NO3S/c1-5(2,4-7)10(3,9)6-8/h4,8H,1-3H3. The zero-order valence-corrected chi connectivity index (χ0v) is 7.01. The smallest absolute Gasteiger partial charge is 0.139 e. The predicted octanol–water partition coefficient (Wildman–Crippen LogP) is 0.451. The molecule has 0 spiro atoms. The topological polar surface area (TPSA) is 66.7 Å². The van der Waals surface area contributed by atoms with Crippen LogP contribution in [0.4, 0.5) is 0 Å². The molecule has 1 N–H and O–H groups in total. The van der Waals surface area contributed by atoms with Gasteiger partial charge in [0.15, 0.2) is 0 Å². The van der Waals surface area contributed by atoms with Crippen LogP contribution in [0.25, 0.3) is 0 Å². The van der Waals surface area contributed by atoms with Crippen molar-refractivity contribution in [2.45, 2.75) is 18.6 Å². The maximum atomic E-state index is 11.2. The van der Waals surface area contributed by atoms with Crippen molar-refractivity contribution in [3.63, 3.8) is 0 Å². The van der Waals surface area contributed by atoms with Crippen LogP contribution in [0.2, 0.25) is 0 Å². The second-order valence-corrected chi connectivity index (χ2v) is 5.43. The maximum Gasteiger partial charge on any atom is 0.139 e. The van der Waals surface area contributed by atoms with Crippen molar-refractivity contribution in [1.82, 2.24) is 0 Å². The molecule has 0 heterocycles. The molecule has 1 unspecified atom stereocenters. The average molecular weight is 165 g/mol. The summed E-state index contributed by atoms with van der Waals surface area (Å²) in [5, 5.41) is 8.25. The number of hydrogen-bond donors (Lipinski definition) is 1. The van der Waals surface area contributed by atoms with E-state index in [0.29, 0.717) is 6.29 Å². The SMILES string of the molecule is CC(C)(C=O)S(C)(=O)=NO. The fourth-order valence-electron chi connectivity index (χ4n) is 0.194. The third-order valence-electron chi connectivity index (χ3n) is 1.42. The van der Waals surface area contributed by atoms with E-state index >= 15 is 0 Å². The molecule has 0 aromatic carbocycles. The van der Waals surface area contributed by atoms with Crippen molar-refractivity contribution in [3.05, 3.63) is 0 Å². The molecule has 0 bridgehead atoms. The Bertz CT molecular complexity index is 237. The third-order valence-corrected chi connectivity index (χ3v) is 3.78. The summed E-state index contributed by atoms with van der Waals surface area (Å²) >= 11 is 0.